The van der Waals surface area contributed by atoms with E-state index in [4.69, 9.17) is 14.8 Å². The second-order valence-corrected chi connectivity index (χ2v) is 4.74. The topological polar surface area (TPSA) is 77.5 Å². The van der Waals surface area contributed by atoms with Crippen molar-refractivity contribution in [2.24, 2.45) is 0 Å². The van der Waals surface area contributed by atoms with E-state index in [-0.39, 0.29) is 6.42 Å². The van der Waals surface area contributed by atoms with Crippen molar-refractivity contribution in [1.82, 2.24) is 4.90 Å². The van der Waals surface area contributed by atoms with Gasteiger partial charge in [0.05, 0.1) is 30.9 Å². The standard InChI is InChI=1S/C16H16N2O3/c17-10-13-3-5-14(6-4-13)11-18(8-7-16(19)20)12-15-2-1-9-21-15/h1-6,9H,7-8,11-12H2,(H,19,20). The van der Waals surface area contributed by atoms with E-state index in [1.165, 1.54) is 0 Å². The Labute approximate surface area is 123 Å². The number of aliphatic carboxylic acids is 1. The molecule has 0 atom stereocenters. The van der Waals surface area contributed by atoms with Crippen LogP contribution in [0.25, 0.3) is 0 Å². The van der Waals surface area contributed by atoms with Crippen LogP contribution in [0.4, 0.5) is 0 Å². The van der Waals surface area contributed by atoms with E-state index < -0.39 is 5.97 Å². The van der Waals surface area contributed by atoms with Crippen LogP contribution in [0, 0.1) is 11.3 Å². The molecule has 0 bridgehead atoms. The van der Waals surface area contributed by atoms with Crippen molar-refractivity contribution in [3.63, 3.8) is 0 Å². The zero-order valence-corrected chi connectivity index (χ0v) is 11.5. The molecular weight excluding hydrogens is 268 g/mol. The quantitative estimate of drug-likeness (QED) is 0.845. The Balaban J connectivity index is 2.03. The average Bonchev–Trinajstić information content (AvgIpc) is 2.98. The Morgan fingerprint density at radius 2 is 2.00 bits per heavy atom. The predicted molar refractivity (Wildman–Crippen MR) is 76.2 cm³/mol. The molecule has 0 aliphatic carbocycles. The van der Waals surface area contributed by atoms with Crippen molar-refractivity contribution in [2.45, 2.75) is 19.5 Å². The fourth-order valence-electron chi connectivity index (χ4n) is 2.03. The van der Waals surface area contributed by atoms with Gasteiger partial charge in [-0.25, -0.2) is 0 Å². The van der Waals surface area contributed by atoms with Gasteiger partial charge in [-0.1, -0.05) is 12.1 Å². The number of nitrogens with zero attached hydrogens (tertiary/aromatic N) is 2. The Bertz CT molecular complexity index is 612. The molecule has 5 heteroatoms. The molecule has 1 N–H and O–H groups in total. The third kappa shape index (κ3) is 4.79. The highest BCUT2D eigenvalue weighted by atomic mass is 16.4. The number of rotatable bonds is 7. The maximum Gasteiger partial charge on any atom is 0.304 e. The van der Waals surface area contributed by atoms with Gasteiger partial charge in [0.1, 0.15) is 5.76 Å². The van der Waals surface area contributed by atoms with Crippen LogP contribution >= 0.6 is 0 Å². The summed E-state index contributed by atoms with van der Waals surface area (Å²) in [5, 5.41) is 17.6. The summed E-state index contributed by atoms with van der Waals surface area (Å²) in [6.07, 6.45) is 1.68. The predicted octanol–water partition coefficient (Wildman–Crippen LogP) is 2.63. The summed E-state index contributed by atoms with van der Waals surface area (Å²) >= 11 is 0. The number of hydrogen-bond acceptors (Lipinski definition) is 4. The average molecular weight is 284 g/mol. The second-order valence-electron chi connectivity index (χ2n) is 4.74. The largest absolute Gasteiger partial charge is 0.481 e. The van der Waals surface area contributed by atoms with Crippen LogP contribution < -0.4 is 0 Å². The van der Waals surface area contributed by atoms with Gasteiger partial charge in [-0.2, -0.15) is 5.26 Å². The first kappa shape index (κ1) is 14.8. The van der Waals surface area contributed by atoms with Crippen molar-refractivity contribution in [3.8, 4) is 6.07 Å². The minimum absolute atomic E-state index is 0.0803. The van der Waals surface area contributed by atoms with Crippen molar-refractivity contribution >= 4 is 5.97 Å². The summed E-state index contributed by atoms with van der Waals surface area (Å²) in [5.41, 5.74) is 1.65. The molecule has 2 aromatic rings. The number of carboxylic acid groups (broad SMARTS) is 1. The van der Waals surface area contributed by atoms with E-state index in [1.807, 2.05) is 29.2 Å². The number of carboxylic acids is 1. The molecule has 0 aliphatic rings. The molecule has 0 saturated carbocycles. The molecule has 0 amide bonds. The van der Waals surface area contributed by atoms with Crippen molar-refractivity contribution in [1.29, 1.82) is 5.26 Å². The molecule has 1 aromatic carbocycles. The van der Waals surface area contributed by atoms with Gasteiger partial charge >= 0.3 is 5.97 Å². The molecule has 0 fully saturated rings. The van der Waals surface area contributed by atoms with Gasteiger partial charge in [0.2, 0.25) is 0 Å². The molecule has 108 valence electrons. The van der Waals surface area contributed by atoms with Crippen LogP contribution in [0.5, 0.6) is 0 Å². The van der Waals surface area contributed by atoms with E-state index >= 15 is 0 Å². The number of benzene rings is 1. The lowest BCUT2D eigenvalue weighted by molar-refractivity contribution is -0.137. The Morgan fingerprint density at radius 3 is 2.57 bits per heavy atom. The number of hydrogen-bond donors (Lipinski definition) is 1. The van der Waals surface area contributed by atoms with Crippen molar-refractivity contribution in [3.05, 3.63) is 59.5 Å². The monoisotopic (exact) mass is 284 g/mol. The Morgan fingerprint density at radius 1 is 1.24 bits per heavy atom. The van der Waals surface area contributed by atoms with Gasteiger partial charge < -0.3 is 9.52 Å². The number of nitriles is 1. The molecule has 1 aromatic heterocycles. The minimum atomic E-state index is -0.820. The molecular formula is C16H16N2O3. The summed E-state index contributed by atoms with van der Waals surface area (Å²) in [7, 11) is 0. The molecule has 0 saturated heterocycles. The van der Waals surface area contributed by atoms with Crippen LogP contribution in [0.2, 0.25) is 0 Å². The van der Waals surface area contributed by atoms with Crippen molar-refractivity contribution in [2.75, 3.05) is 6.54 Å². The lowest BCUT2D eigenvalue weighted by atomic mass is 10.1. The summed E-state index contributed by atoms with van der Waals surface area (Å²) in [6.45, 7) is 1.61. The second kappa shape index (κ2) is 7.27. The Hall–Kier alpha value is -2.58. The van der Waals surface area contributed by atoms with Gasteiger partial charge in [0, 0.05) is 13.1 Å². The first-order valence-corrected chi connectivity index (χ1v) is 6.63. The molecule has 21 heavy (non-hydrogen) atoms. The number of carbonyl (C=O) groups is 1. The molecule has 0 unspecified atom stereocenters. The summed E-state index contributed by atoms with van der Waals surface area (Å²) in [5.74, 6) is -0.0201. The lowest BCUT2D eigenvalue weighted by Gasteiger charge is -2.20. The zero-order chi connectivity index (χ0) is 15.1. The smallest absolute Gasteiger partial charge is 0.304 e. The van der Waals surface area contributed by atoms with Crippen molar-refractivity contribution < 1.29 is 14.3 Å². The summed E-state index contributed by atoms with van der Waals surface area (Å²) in [4.78, 5) is 12.8. The van der Waals surface area contributed by atoms with Gasteiger partial charge in [0.15, 0.2) is 0 Å². The van der Waals surface area contributed by atoms with Gasteiger partial charge in [0.25, 0.3) is 0 Å². The van der Waals surface area contributed by atoms with Gasteiger partial charge in [-0.15, -0.1) is 0 Å². The summed E-state index contributed by atoms with van der Waals surface area (Å²) < 4.78 is 5.31. The third-order valence-electron chi connectivity index (χ3n) is 3.09. The fourth-order valence-corrected chi connectivity index (χ4v) is 2.03. The SMILES string of the molecule is N#Cc1ccc(CN(CCC(=O)O)Cc2ccco2)cc1. The van der Waals surface area contributed by atoms with E-state index in [1.54, 1.807) is 18.4 Å². The normalized spacial score (nSPS) is 10.5. The van der Waals surface area contributed by atoms with E-state index in [2.05, 4.69) is 6.07 Å². The van der Waals surface area contributed by atoms with Crippen LogP contribution in [-0.4, -0.2) is 22.5 Å². The van der Waals surface area contributed by atoms with E-state index in [9.17, 15) is 4.79 Å². The van der Waals surface area contributed by atoms with E-state index in [0.29, 0.717) is 25.2 Å². The first-order valence-electron chi connectivity index (χ1n) is 6.63. The number of furan rings is 1. The van der Waals surface area contributed by atoms with E-state index in [0.717, 1.165) is 11.3 Å². The maximum atomic E-state index is 10.8. The highest BCUT2D eigenvalue weighted by molar-refractivity contribution is 5.66. The first-order chi connectivity index (χ1) is 10.2. The molecule has 0 aliphatic heterocycles. The summed E-state index contributed by atoms with van der Waals surface area (Å²) in [6, 6.07) is 13.0. The lowest BCUT2D eigenvalue weighted by Crippen LogP contribution is -2.25. The van der Waals surface area contributed by atoms with Gasteiger partial charge in [-0.05, 0) is 29.8 Å². The molecule has 5 nitrogen and oxygen atoms in total. The van der Waals surface area contributed by atoms with Crippen LogP contribution in [0.1, 0.15) is 23.3 Å². The van der Waals surface area contributed by atoms with Crippen LogP contribution in [0.3, 0.4) is 0 Å². The maximum absolute atomic E-state index is 10.8. The van der Waals surface area contributed by atoms with Crippen LogP contribution in [0.15, 0.2) is 47.1 Å². The zero-order valence-electron chi connectivity index (χ0n) is 11.5. The highest BCUT2D eigenvalue weighted by Crippen LogP contribution is 2.12. The van der Waals surface area contributed by atoms with Crippen LogP contribution in [-0.2, 0) is 17.9 Å². The third-order valence-corrected chi connectivity index (χ3v) is 3.09. The highest BCUT2D eigenvalue weighted by Gasteiger charge is 2.11. The van der Waals surface area contributed by atoms with Gasteiger partial charge in [-0.3, -0.25) is 9.69 Å². The molecule has 0 radical (unpaired) electrons. The fraction of sp³-hybridized carbons (Fsp3) is 0.250. The molecule has 2 rings (SSSR count). The Kier molecular flexibility index (Phi) is 5.13. The minimum Gasteiger partial charge on any atom is -0.481 e. The molecule has 1 heterocycles. The molecule has 0 spiro atoms.